The maximum atomic E-state index is 11.9. The topological polar surface area (TPSA) is 114 Å². The summed E-state index contributed by atoms with van der Waals surface area (Å²) in [4.78, 5) is 47.1. The van der Waals surface area contributed by atoms with E-state index in [9.17, 15) is 19.2 Å². The number of nitrogens with one attached hydrogen (secondary N) is 3. The quantitative estimate of drug-likeness (QED) is 0.489. The number of hydrogen-bond acceptors (Lipinski definition) is 5. The highest BCUT2D eigenvalue weighted by Crippen LogP contribution is 2.13. The highest BCUT2D eigenvalue weighted by atomic mass is 16.5. The third-order valence-electron chi connectivity index (χ3n) is 3.78. The standard InChI is InChI=1S/C21H23N3O5/c1-14-10-15(2)12-17(11-14)22-19(26)13-29-20(27)9-8-18(25)23-24-21(28)16-6-4-3-5-7-16/h3-7,10-12H,8-9,13H2,1-2H3,(H,22,26)(H,23,25)(H,24,28). The molecule has 3 amide bonds. The van der Waals surface area contributed by atoms with E-state index in [1.807, 2.05) is 19.9 Å². The second kappa shape index (κ2) is 10.6. The number of hydrazine groups is 1. The number of anilines is 1. The Balaban J connectivity index is 1.65. The molecule has 0 spiro atoms. The van der Waals surface area contributed by atoms with Crippen LogP contribution in [0.3, 0.4) is 0 Å². The Morgan fingerprint density at radius 2 is 1.48 bits per heavy atom. The zero-order valence-electron chi connectivity index (χ0n) is 16.3. The third kappa shape index (κ3) is 7.84. The predicted molar refractivity (Wildman–Crippen MR) is 107 cm³/mol. The number of amides is 3. The molecular formula is C21H23N3O5. The normalized spacial score (nSPS) is 10.0. The van der Waals surface area contributed by atoms with Gasteiger partial charge < -0.3 is 10.1 Å². The molecular weight excluding hydrogens is 374 g/mol. The summed E-state index contributed by atoms with van der Waals surface area (Å²) in [6.07, 6.45) is -0.406. The van der Waals surface area contributed by atoms with Crippen molar-refractivity contribution in [2.24, 2.45) is 0 Å². The first kappa shape index (κ1) is 21.6. The highest BCUT2D eigenvalue weighted by molar-refractivity contribution is 5.95. The lowest BCUT2D eigenvalue weighted by atomic mass is 10.1. The molecule has 2 aromatic rings. The van der Waals surface area contributed by atoms with E-state index in [0.717, 1.165) is 11.1 Å². The number of rotatable bonds is 7. The summed E-state index contributed by atoms with van der Waals surface area (Å²) in [7, 11) is 0. The largest absolute Gasteiger partial charge is 0.456 e. The second-order valence-corrected chi connectivity index (χ2v) is 6.45. The van der Waals surface area contributed by atoms with Gasteiger partial charge in [0.2, 0.25) is 5.91 Å². The van der Waals surface area contributed by atoms with E-state index in [0.29, 0.717) is 11.3 Å². The maximum Gasteiger partial charge on any atom is 0.306 e. The van der Waals surface area contributed by atoms with E-state index in [2.05, 4.69) is 16.2 Å². The van der Waals surface area contributed by atoms with E-state index in [-0.39, 0.29) is 12.8 Å². The van der Waals surface area contributed by atoms with Crippen LogP contribution >= 0.6 is 0 Å². The van der Waals surface area contributed by atoms with Crippen LogP contribution in [0.15, 0.2) is 48.5 Å². The van der Waals surface area contributed by atoms with Crippen molar-refractivity contribution in [3.05, 3.63) is 65.2 Å². The fraction of sp³-hybridized carbons (Fsp3) is 0.238. The van der Waals surface area contributed by atoms with Gasteiger partial charge in [0.25, 0.3) is 11.8 Å². The Kier molecular flexibility index (Phi) is 7.90. The molecule has 0 aliphatic heterocycles. The monoisotopic (exact) mass is 397 g/mol. The van der Waals surface area contributed by atoms with Crippen LogP contribution in [0, 0.1) is 13.8 Å². The van der Waals surface area contributed by atoms with Crippen LogP contribution in [0.1, 0.15) is 34.3 Å². The van der Waals surface area contributed by atoms with Crippen LogP contribution in [0.25, 0.3) is 0 Å². The summed E-state index contributed by atoms with van der Waals surface area (Å²) < 4.78 is 4.86. The Morgan fingerprint density at radius 3 is 2.14 bits per heavy atom. The molecule has 0 heterocycles. The average Bonchev–Trinajstić information content (AvgIpc) is 2.68. The van der Waals surface area contributed by atoms with E-state index in [1.165, 1.54) is 0 Å². The van der Waals surface area contributed by atoms with Gasteiger partial charge in [0.1, 0.15) is 0 Å². The first-order chi connectivity index (χ1) is 13.8. The van der Waals surface area contributed by atoms with Crippen LogP contribution in [-0.2, 0) is 19.1 Å². The van der Waals surface area contributed by atoms with Crippen LogP contribution in [-0.4, -0.2) is 30.3 Å². The molecule has 3 N–H and O–H groups in total. The summed E-state index contributed by atoms with van der Waals surface area (Å²) in [6.45, 7) is 3.38. The van der Waals surface area contributed by atoms with Crippen LogP contribution in [0.2, 0.25) is 0 Å². The van der Waals surface area contributed by atoms with Crippen LogP contribution < -0.4 is 16.2 Å². The minimum atomic E-state index is -0.690. The lowest BCUT2D eigenvalue weighted by Crippen LogP contribution is -2.41. The van der Waals surface area contributed by atoms with Crippen molar-refractivity contribution in [3.63, 3.8) is 0 Å². The maximum absolute atomic E-state index is 11.9. The number of esters is 1. The Labute approximate surface area is 168 Å². The average molecular weight is 397 g/mol. The summed E-state index contributed by atoms with van der Waals surface area (Å²) in [6, 6.07) is 13.9. The fourth-order valence-corrected chi connectivity index (χ4v) is 2.53. The molecule has 0 aromatic heterocycles. The SMILES string of the molecule is Cc1cc(C)cc(NC(=O)COC(=O)CCC(=O)NNC(=O)c2ccccc2)c1. The van der Waals surface area contributed by atoms with E-state index >= 15 is 0 Å². The summed E-state index contributed by atoms with van der Waals surface area (Å²) in [5.41, 5.74) is 7.49. The van der Waals surface area contributed by atoms with Crippen molar-refractivity contribution >= 4 is 29.4 Å². The molecule has 0 aliphatic carbocycles. The Bertz CT molecular complexity index is 876. The van der Waals surface area contributed by atoms with E-state index in [4.69, 9.17) is 4.74 Å². The van der Waals surface area contributed by atoms with Gasteiger partial charge in [0, 0.05) is 17.7 Å². The molecule has 152 valence electrons. The number of benzene rings is 2. The molecule has 0 unspecified atom stereocenters. The molecule has 0 bridgehead atoms. The van der Waals surface area contributed by atoms with Gasteiger partial charge in [0.15, 0.2) is 6.61 Å². The van der Waals surface area contributed by atoms with E-state index < -0.39 is 30.3 Å². The van der Waals surface area contributed by atoms with Crippen molar-refractivity contribution in [1.82, 2.24) is 10.9 Å². The Hall–Kier alpha value is -3.68. The molecule has 8 heteroatoms. The summed E-state index contributed by atoms with van der Waals surface area (Å²) >= 11 is 0. The minimum absolute atomic E-state index is 0.188. The van der Waals surface area contributed by atoms with Crippen molar-refractivity contribution < 1.29 is 23.9 Å². The molecule has 0 fully saturated rings. The second-order valence-electron chi connectivity index (χ2n) is 6.45. The van der Waals surface area contributed by atoms with E-state index in [1.54, 1.807) is 42.5 Å². The van der Waals surface area contributed by atoms with Crippen molar-refractivity contribution in [1.29, 1.82) is 0 Å². The van der Waals surface area contributed by atoms with Crippen LogP contribution in [0.4, 0.5) is 5.69 Å². The van der Waals surface area contributed by atoms with Gasteiger partial charge in [-0.05, 0) is 49.2 Å². The molecule has 2 aromatic carbocycles. The zero-order chi connectivity index (χ0) is 21.2. The van der Waals surface area contributed by atoms with Gasteiger partial charge in [-0.2, -0.15) is 0 Å². The summed E-state index contributed by atoms with van der Waals surface area (Å²) in [5.74, 6) is -2.18. The molecule has 2 rings (SSSR count). The van der Waals surface area contributed by atoms with Gasteiger partial charge in [-0.3, -0.25) is 30.0 Å². The lowest BCUT2D eigenvalue weighted by Gasteiger charge is -2.09. The van der Waals surface area contributed by atoms with Crippen molar-refractivity contribution in [2.75, 3.05) is 11.9 Å². The number of ether oxygens (including phenoxy) is 1. The van der Waals surface area contributed by atoms with Crippen molar-refractivity contribution in [3.8, 4) is 0 Å². The molecule has 8 nitrogen and oxygen atoms in total. The van der Waals surface area contributed by atoms with Crippen molar-refractivity contribution in [2.45, 2.75) is 26.7 Å². The number of aryl methyl sites for hydroxylation is 2. The smallest absolute Gasteiger partial charge is 0.306 e. The first-order valence-corrected chi connectivity index (χ1v) is 9.01. The number of carbonyl (C=O) groups excluding carboxylic acids is 4. The molecule has 0 saturated heterocycles. The van der Waals surface area contributed by atoms with Gasteiger partial charge in [0.05, 0.1) is 6.42 Å². The molecule has 29 heavy (non-hydrogen) atoms. The zero-order valence-corrected chi connectivity index (χ0v) is 16.3. The third-order valence-corrected chi connectivity index (χ3v) is 3.78. The summed E-state index contributed by atoms with van der Waals surface area (Å²) in [5, 5.41) is 2.65. The number of hydrogen-bond donors (Lipinski definition) is 3. The first-order valence-electron chi connectivity index (χ1n) is 9.01. The molecule has 0 atom stereocenters. The fourth-order valence-electron chi connectivity index (χ4n) is 2.53. The predicted octanol–water partition coefficient (Wildman–Crippen LogP) is 2.03. The molecule has 0 radical (unpaired) electrons. The minimum Gasteiger partial charge on any atom is -0.456 e. The molecule has 0 saturated carbocycles. The van der Waals surface area contributed by atoms with Gasteiger partial charge in [-0.25, -0.2) is 0 Å². The highest BCUT2D eigenvalue weighted by Gasteiger charge is 2.12. The van der Waals surface area contributed by atoms with Crippen LogP contribution in [0.5, 0.6) is 0 Å². The lowest BCUT2D eigenvalue weighted by molar-refractivity contribution is -0.148. The van der Waals surface area contributed by atoms with Gasteiger partial charge >= 0.3 is 5.97 Å². The van der Waals surface area contributed by atoms with Gasteiger partial charge in [-0.1, -0.05) is 24.3 Å². The Morgan fingerprint density at radius 1 is 0.828 bits per heavy atom. The molecule has 0 aliphatic rings. The number of carbonyl (C=O) groups is 4. The van der Waals surface area contributed by atoms with Gasteiger partial charge in [-0.15, -0.1) is 0 Å².